The maximum Gasteiger partial charge on any atom is 0.196 e. The smallest absolute Gasteiger partial charge is 0.196 e. The van der Waals surface area contributed by atoms with Crippen molar-refractivity contribution in [2.45, 2.75) is 47.0 Å². The Morgan fingerprint density at radius 1 is 1.43 bits per heavy atom. The zero-order valence-electron chi connectivity index (χ0n) is 14.1. The Labute approximate surface area is 169 Å². The Hall–Kier alpha value is 0.269. The fourth-order valence-electron chi connectivity index (χ4n) is 1.55. The summed E-state index contributed by atoms with van der Waals surface area (Å²) in [5, 5.41) is 0. The molecular weight excluding hydrogens is 423 g/mol. The zero-order valence-corrected chi connectivity index (χ0v) is 15.8. The van der Waals surface area contributed by atoms with Gasteiger partial charge in [0.2, 0.25) is 0 Å². The summed E-state index contributed by atoms with van der Waals surface area (Å²) < 4.78 is 5.72. The van der Waals surface area contributed by atoms with Crippen LogP contribution in [0, 0.1) is 59.3 Å². The minimum atomic E-state index is -0.0375. The largest absolute Gasteiger partial charge is 0.487 e. The van der Waals surface area contributed by atoms with Crippen molar-refractivity contribution >= 4 is 5.78 Å². The van der Waals surface area contributed by atoms with E-state index in [0.717, 1.165) is 18.7 Å². The van der Waals surface area contributed by atoms with E-state index in [9.17, 15) is 4.79 Å². The van der Waals surface area contributed by atoms with E-state index in [1.807, 2.05) is 25.8 Å². The first-order valence-corrected chi connectivity index (χ1v) is 7.36. The van der Waals surface area contributed by atoms with Crippen LogP contribution in [0.3, 0.4) is 0 Å². The molecule has 0 bridgehead atoms. The second-order valence-corrected chi connectivity index (χ2v) is 5.59. The Kier molecular flexibility index (Phi) is 13.2. The van der Waals surface area contributed by atoms with Gasteiger partial charge in [0.05, 0.1) is 12.3 Å². The number of allylic oxidation sites excluding steroid dienone is 2. The number of Topliss-reactive ketones (excluding diaryl/α,β-unsaturated/α-hetero) is 1. The van der Waals surface area contributed by atoms with Crippen molar-refractivity contribution in [3.8, 4) is 0 Å². The molecule has 0 spiro atoms. The van der Waals surface area contributed by atoms with Crippen molar-refractivity contribution in [2.24, 2.45) is 5.41 Å². The van der Waals surface area contributed by atoms with Crippen LogP contribution in [0.1, 0.15) is 47.0 Å². The topological polar surface area (TPSA) is 29.5 Å². The predicted molar refractivity (Wildman–Crippen MR) is 85.1 cm³/mol. The van der Waals surface area contributed by atoms with E-state index in [2.05, 4.69) is 20.4 Å². The molecule has 3 nitrogen and oxygen atoms in total. The molecule has 1 rings (SSSR count). The minimum absolute atomic E-state index is 0. The number of nitrogens with zero attached hydrogens (tertiary/aromatic N) is 1. The Morgan fingerprint density at radius 3 is 2.19 bits per heavy atom. The molecule has 0 unspecified atom stereocenters. The number of carbonyl (C=O) groups is 1. The number of likely N-dealkylation sites (N-methyl/N-ethyl adjacent to an activating group) is 1. The molecule has 21 heavy (non-hydrogen) atoms. The second-order valence-electron chi connectivity index (χ2n) is 5.59. The summed E-state index contributed by atoms with van der Waals surface area (Å²) in [5.41, 5.74) is 1.06. The normalized spacial score (nSPS) is 15.5. The number of hydrogen-bond donors (Lipinski definition) is 0. The van der Waals surface area contributed by atoms with Gasteiger partial charge in [-0.25, -0.2) is 0 Å². The van der Waals surface area contributed by atoms with Crippen molar-refractivity contribution in [1.29, 1.82) is 0 Å². The van der Waals surface area contributed by atoms with Crippen molar-refractivity contribution < 1.29 is 56.5 Å². The molecular formula is C17H30NO2Yb-. The van der Waals surface area contributed by atoms with Crippen molar-refractivity contribution in [3.63, 3.8) is 0 Å². The molecule has 0 radical (unpaired) electrons. The first kappa shape index (κ1) is 23.5. The van der Waals surface area contributed by atoms with E-state index < -0.39 is 0 Å². The molecule has 4 heteroatoms. The van der Waals surface area contributed by atoms with Crippen LogP contribution >= 0.6 is 0 Å². The number of ketones is 1. The average Bonchev–Trinajstić information content (AvgIpc) is 3.12. The summed E-state index contributed by atoms with van der Waals surface area (Å²) in [5.74, 6) is 0.405. The van der Waals surface area contributed by atoms with Crippen LogP contribution in [0.4, 0.5) is 0 Å². The zero-order chi connectivity index (χ0) is 15.8. The van der Waals surface area contributed by atoms with Crippen LogP contribution in [0.25, 0.3) is 0 Å². The van der Waals surface area contributed by atoms with E-state index in [0.29, 0.717) is 12.4 Å². The maximum atomic E-state index is 11.6. The monoisotopic (exact) mass is 454 g/mol. The van der Waals surface area contributed by atoms with Crippen LogP contribution in [-0.2, 0) is 9.53 Å². The van der Waals surface area contributed by atoms with Crippen LogP contribution in [0.15, 0.2) is 24.1 Å². The molecule has 1 aliphatic carbocycles. The number of hydrogen-bond acceptors (Lipinski definition) is 3. The second kappa shape index (κ2) is 11.8. The molecule has 1 saturated carbocycles. The van der Waals surface area contributed by atoms with Crippen LogP contribution in [0.5, 0.6) is 0 Å². The summed E-state index contributed by atoms with van der Waals surface area (Å²) in [6, 6.07) is 0. The first-order chi connectivity index (χ1) is 9.35. The molecule has 1 fully saturated rings. The van der Waals surface area contributed by atoms with Crippen molar-refractivity contribution in [1.82, 2.24) is 4.90 Å². The molecule has 0 aliphatic heterocycles. The van der Waals surface area contributed by atoms with Crippen molar-refractivity contribution in [2.75, 3.05) is 20.2 Å². The molecule has 0 aromatic carbocycles. The van der Waals surface area contributed by atoms with Gasteiger partial charge in [0.1, 0.15) is 0 Å². The van der Waals surface area contributed by atoms with Gasteiger partial charge < -0.3 is 16.6 Å². The number of ether oxygens (including phenoxy) is 1. The Bertz CT molecular complexity index is 360. The van der Waals surface area contributed by atoms with E-state index >= 15 is 0 Å². The quantitative estimate of drug-likeness (QED) is 0.253. The Balaban J connectivity index is 0. The van der Waals surface area contributed by atoms with Gasteiger partial charge in [-0.2, -0.15) is 6.42 Å². The van der Waals surface area contributed by atoms with E-state index in [4.69, 9.17) is 4.74 Å². The molecule has 0 amide bonds. The third-order valence-corrected chi connectivity index (χ3v) is 3.30. The van der Waals surface area contributed by atoms with Gasteiger partial charge in [0.25, 0.3) is 0 Å². The molecule has 0 aromatic rings. The van der Waals surface area contributed by atoms with E-state index in [-0.39, 0.29) is 58.1 Å². The molecule has 1 aliphatic rings. The SMILES string of the molecule is C=C/C(=C(/OCC1(C)CC1)C(C)=O)N(C)CC.[CH2-]CC.[Yb]. The van der Waals surface area contributed by atoms with Crippen LogP contribution < -0.4 is 0 Å². The predicted octanol–water partition coefficient (Wildman–Crippen LogP) is 3.97. The molecule has 0 N–H and O–H groups in total. The summed E-state index contributed by atoms with van der Waals surface area (Å²) in [4.78, 5) is 13.6. The van der Waals surface area contributed by atoms with Crippen LogP contribution in [-0.4, -0.2) is 30.9 Å². The molecule has 130 valence electrons. The molecule has 0 atom stereocenters. The van der Waals surface area contributed by atoms with Gasteiger partial charge in [-0.05, 0) is 25.8 Å². The average molecular weight is 453 g/mol. The van der Waals surface area contributed by atoms with Gasteiger partial charge in [0, 0.05) is 72.9 Å². The fraction of sp³-hybridized carbons (Fsp3) is 0.647. The summed E-state index contributed by atoms with van der Waals surface area (Å²) in [6.07, 6.45) is 5.06. The molecule has 0 saturated heterocycles. The van der Waals surface area contributed by atoms with Gasteiger partial charge in [0.15, 0.2) is 11.5 Å². The van der Waals surface area contributed by atoms with Crippen LogP contribution in [0.2, 0.25) is 0 Å². The van der Waals surface area contributed by atoms with Gasteiger partial charge in [-0.3, -0.25) is 4.79 Å². The fourth-order valence-corrected chi connectivity index (χ4v) is 1.55. The van der Waals surface area contributed by atoms with Crippen molar-refractivity contribution in [3.05, 3.63) is 31.0 Å². The van der Waals surface area contributed by atoms with E-state index in [1.54, 1.807) is 6.08 Å². The summed E-state index contributed by atoms with van der Waals surface area (Å²) in [6.45, 7) is 16.5. The summed E-state index contributed by atoms with van der Waals surface area (Å²) >= 11 is 0. The number of rotatable bonds is 7. The first-order valence-electron chi connectivity index (χ1n) is 7.36. The summed E-state index contributed by atoms with van der Waals surface area (Å²) in [7, 11) is 1.93. The van der Waals surface area contributed by atoms with Gasteiger partial charge in [-0.1, -0.05) is 20.4 Å². The third-order valence-electron chi connectivity index (χ3n) is 3.30. The van der Waals surface area contributed by atoms with E-state index in [1.165, 1.54) is 19.8 Å². The molecule has 0 heterocycles. The third kappa shape index (κ3) is 9.10. The van der Waals surface area contributed by atoms with Gasteiger partial charge in [-0.15, -0.1) is 0 Å². The van der Waals surface area contributed by atoms with Gasteiger partial charge >= 0.3 is 0 Å². The minimum Gasteiger partial charge on any atom is -0.487 e. The maximum absolute atomic E-state index is 11.6. The number of carbonyl (C=O) groups excluding carboxylic acids is 1. The standard InChI is InChI=1S/C14H23NO2.C3H7.Yb/c1-6-12(15(5)7-2)13(11(3)16)17-10-14(4)8-9-14;1-3-2;/h6H,1,7-10H2,2-5H3;1,3H2,2H3;/q;-1;/b13-12-;;. The molecule has 0 aromatic heterocycles. The Morgan fingerprint density at radius 2 is 1.90 bits per heavy atom.